The van der Waals surface area contributed by atoms with E-state index in [9.17, 15) is 0 Å². The molecule has 0 aliphatic heterocycles. The summed E-state index contributed by atoms with van der Waals surface area (Å²) in [7, 11) is 0. The van der Waals surface area contributed by atoms with E-state index >= 15 is 0 Å². The van der Waals surface area contributed by atoms with Crippen LogP contribution < -0.4 is 5.32 Å². The van der Waals surface area contributed by atoms with Gasteiger partial charge in [-0.15, -0.1) is 0 Å². The number of benzene rings is 1. The van der Waals surface area contributed by atoms with Crippen molar-refractivity contribution >= 4 is 5.69 Å². The van der Waals surface area contributed by atoms with Crippen molar-refractivity contribution < 1.29 is 0 Å². The van der Waals surface area contributed by atoms with Crippen LogP contribution in [0, 0.1) is 5.92 Å². The molecule has 0 bridgehead atoms. The molecule has 0 amide bonds. The molecule has 94 valence electrons. The predicted molar refractivity (Wildman–Crippen MR) is 76.2 cm³/mol. The number of anilines is 1. The molecule has 18 heavy (non-hydrogen) atoms. The molecule has 1 aliphatic rings. The SMILES string of the molecule is CC(CC1CC1)Nc1cccc(-n2cccc2)c1. The molecule has 3 rings (SSSR count). The second-order valence-electron chi connectivity index (χ2n) is 5.37. The van der Waals surface area contributed by atoms with Gasteiger partial charge in [0.15, 0.2) is 0 Å². The lowest BCUT2D eigenvalue weighted by Gasteiger charge is -2.15. The first-order valence-electron chi connectivity index (χ1n) is 6.81. The van der Waals surface area contributed by atoms with Crippen LogP contribution in [0.4, 0.5) is 5.69 Å². The van der Waals surface area contributed by atoms with E-state index in [-0.39, 0.29) is 0 Å². The van der Waals surface area contributed by atoms with Gasteiger partial charge in [0, 0.05) is 29.8 Å². The number of rotatable bonds is 5. The summed E-state index contributed by atoms with van der Waals surface area (Å²) in [6.07, 6.45) is 8.30. The Balaban J connectivity index is 1.70. The molecule has 2 heteroatoms. The van der Waals surface area contributed by atoms with Gasteiger partial charge in [0.1, 0.15) is 0 Å². The van der Waals surface area contributed by atoms with Crippen molar-refractivity contribution in [2.75, 3.05) is 5.32 Å². The first-order chi connectivity index (χ1) is 8.81. The largest absolute Gasteiger partial charge is 0.383 e. The smallest absolute Gasteiger partial charge is 0.0469 e. The summed E-state index contributed by atoms with van der Waals surface area (Å²) in [6, 6.07) is 13.3. The number of nitrogens with zero attached hydrogens (tertiary/aromatic N) is 1. The fourth-order valence-electron chi connectivity index (χ4n) is 2.46. The van der Waals surface area contributed by atoms with Crippen molar-refractivity contribution in [2.24, 2.45) is 5.92 Å². The summed E-state index contributed by atoms with van der Waals surface area (Å²) in [5.41, 5.74) is 2.43. The van der Waals surface area contributed by atoms with Crippen molar-refractivity contribution in [3.05, 3.63) is 48.8 Å². The van der Waals surface area contributed by atoms with Gasteiger partial charge < -0.3 is 9.88 Å². The highest BCUT2D eigenvalue weighted by atomic mass is 15.0. The maximum atomic E-state index is 3.60. The first kappa shape index (κ1) is 11.4. The monoisotopic (exact) mass is 240 g/mol. The van der Waals surface area contributed by atoms with Crippen molar-refractivity contribution in [2.45, 2.75) is 32.2 Å². The molecule has 2 nitrogen and oxygen atoms in total. The molecule has 0 spiro atoms. The van der Waals surface area contributed by atoms with Gasteiger partial charge in [-0.25, -0.2) is 0 Å². The Kier molecular flexibility index (Phi) is 3.09. The van der Waals surface area contributed by atoms with E-state index in [1.165, 1.54) is 30.6 Å². The summed E-state index contributed by atoms with van der Waals surface area (Å²) in [5, 5.41) is 3.60. The van der Waals surface area contributed by atoms with Crippen molar-refractivity contribution in [3.8, 4) is 5.69 Å². The quantitative estimate of drug-likeness (QED) is 0.833. The zero-order chi connectivity index (χ0) is 12.4. The van der Waals surface area contributed by atoms with Crippen LogP contribution in [0.2, 0.25) is 0 Å². The summed E-state index contributed by atoms with van der Waals surface area (Å²) in [6.45, 7) is 2.28. The zero-order valence-corrected chi connectivity index (χ0v) is 10.8. The van der Waals surface area contributed by atoms with E-state index in [2.05, 4.69) is 65.6 Å². The number of hydrogen-bond acceptors (Lipinski definition) is 1. The molecule has 0 saturated heterocycles. The van der Waals surface area contributed by atoms with Gasteiger partial charge in [0.2, 0.25) is 0 Å². The standard InChI is InChI=1S/C16H20N2/c1-13(11-14-7-8-14)17-15-5-4-6-16(12-15)18-9-2-3-10-18/h2-6,9-10,12-14,17H,7-8,11H2,1H3. The second-order valence-corrected chi connectivity index (χ2v) is 5.37. The van der Waals surface area contributed by atoms with Gasteiger partial charge in [-0.3, -0.25) is 0 Å². The van der Waals surface area contributed by atoms with Crippen LogP contribution in [0.5, 0.6) is 0 Å². The Morgan fingerprint density at radius 1 is 1.22 bits per heavy atom. The maximum Gasteiger partial charge on any atom is 0.0469 e. The normalized spacial score (nSPS) is 16.5. The van der Waals surface area contributed by atoms with E-state index in [0.717, 1.165) is 5.92 Å². The molecule has 1 atom stereocenters. The average Bonchev–Trinajstić information content (AvgIpc) is 3.00. The highest BCUT2D eigenvalue weighted by Crippen LogP contribution is 2.34. The van der Waals surface area contributed by atoms with E-state index in [1.807, 2.05) is 0 Å². The lowest BCUT2D eigenvalue weighted by Crippen LogP contribution is -2.15. The van der Waals surface area contributed by atoms with Crippen LogP contribution in [-0.4, -0.2) is 10.6 Å². The third-order valence-electron chi connectivity index (χ3n) is 3.55. The van der Waals surface area contributed by atoms with Gasteiger partial charge in [0.25, 0.3) is 0 Å². The molecule has 2 aromatic rings. The Bertz CT molecular complexity index is 498. The van der Waals surface area contributed by atoms with Crippen LogP contribution >= 0.6 is 0 Å². The van der Waals surface area contributed by atoms with Gasteiger partial charge >= 0.3 is 0 Å². The van der Waals surface area contributed by atoms with Crippen LogP contribution in [0.15, 0.2) is 48.8 Å². The number of aromatic nitrogens is 1. The summed E-state index contributed by atoms with van der Waals surface area (Å²) in [5.74, 6) is 0.972. The first-order valence-corrected chi connectivity index (χ1v) is 6.81. The topological polar surface area (TPSA) is 17.0 Å². The Morgan fingerprint density at radius 2 is 2.00 bits per heavy atom. The minimum Gasteiger partial charge on any atom is -0.383 e. The third kappa shape index (κ3) is 2.76. The summed E-state index contributed by atoms with van der Waals surface area (Å²) in [4.78, 5) is 0. The Labute approximate surface area is 109 Å². The molecule has 1 heterocycles. The van der Waals surface area contributed by atoms with Crippen LogP contribution in [0.3, 0.4) is 0 Å². The molecule has 1 aromatic heterocycles. The Morgan fingerprint density at radius 3 is 2.72 bits per heavy atom. The molecule has 1 unspecified atom stereocenters. The highest BCUT2D eigenvalue weighted by Gasteiger charge is 2.23. The molecule has 1 aromatic carbocycles. The molecule has 1 fully saturated rings. The highest BCUT2D eigenvalue weighted by molar-refractivity contribution is 5.51. The molecular weight excluding hydrogens is 220 g/mol. The second kappa shape index (κ2) is 4.89. The summed E-state index contributed by atoms with van der Waals surface area (Å²) < 4.78 is 2.14. The van der Waals surface area contributed by atoms with Gasteiger partial charge in [0.05, 0.1) is 0 Å². The van der Waals surface area contributed by atoms with Crippen molar-refractivity contribution in [1.82, 2.24) is 4.57 Å². The molecular formula is C16H20N2. The average molecular weight is 240 g/mol. The van der Waals surface area contributed by atoms with E-state index in [1.54, 1.807) is 0 Å². The van der Waals surface area contributed by atoms with E-state index in [4.69, 9.17) is 0 Å². The molecule has 1 aliphatic carbocycles. The fourth-order valence-corrected chi connectivity index (χ4v) is 2.46. The minimum absolute atomic E-state index is 0.567. The zero-order valence-electron chi connectivity index (χ0n) is 10.8. The van der Waals surface area contributed by atoms with Crippen molar-refractivity contribution in [1.29, 1.82) is 0 Å². The fraction of sp³-hybridized carbons (Fsp3) is 0.375. The number of nitrogens with one attached hydrogen (secondary N) is 1. The molecule has 1 N–H and O–H groups in total. The maximum absolute atomic E-state index is 3.60. The van der Waals surface area contributed by atoms with Crippen LogP contribution in [0.25, 0.3) is 5.69 Å². The van der Waals surface area contributed by atoms with E-state index in [0.29, 0.717) is 6.04 Å². The minimum atomic E-state index is 0.567. The van der Waals surface area contributed by atoms with Gasteiger partial charge in [-0.1, -0.05) is 18.9 Å². The number of hydrogen-bond donors (Lipinski definition) is 1. The van der Waals surface area contributed by atoms with Crippen LogP contribution in [-0.2, 0) is 0 Å². The summed E-state index contributed by atoms with van der Waals surface area (Å²) >= 11 is 0. The third-order valence-corrected chi connectivity index (χ3v) is 3.55. The van der Waals surface area contributed by atoms with E-state index < -0.39 is 0 Å². The Hall–Kier alpha value is -1.70. The molecule has 1 saturated carbocycles. The predicted octanol–water partition coefficient (Wildman–Crippen LogP) is 4.08. The van der Waals surface area contributed by atoms with Gasteiger partial charge in [-0.2, -0.15) is 0 Å². The lowest BCUT2D eigenvalue weighted by molar-refractivity contribution is 0.642. The molecule has 0 radical (unpaired) electrons. The van der Waals surface area contributed by atoms with Crippen LogP contribution in [0.1, 0.15) is 26.2 Å². The van der Waals surface area contributed by atoms with Gasteiger partial charge in [-0.05, 0) is 49.6 Å². The van der Waals surface area contributed by atoms with Crippen molar-refractivity contribution in [3.63, 3.8) is 0 Å². The lowest BCUT2D eigenvalue weighted by atomic mass is 10.1.